The maximum atomic E-state index is 5.75. The third kappa shape index (κ3) is 4.38. The summed E-state index contributed by atoms with van der Waals surface area (Å²) in [6.07, 6.45) is 0. The smallest absolute Gasteiger partial charge is 0.107 e. The molecule has 0 aliphatic heterocycles. The molecular formula is C12H28NOP. The lowest BCUT2D eigenvalue weighted by atomic mass is 10.2. The Labute approximate surface area is 97.3 Å². The van der Waals surface area contributed by atoms with Crippen LogP contribution in [0.4, 0.5) is 0 Å². The predicted octanol–water partition coefficient (Wildman–Crippen LogP) is 4.11. The van der Waals surface area contributed by atoms with Gasteiger partial charge in [-0.3, -0.25) is 4.67 Å². The summed E-state index contributed by atoms with van der Waals surface area (Å²) in [4.78, 5) is 0. The molecule has 2 unspecified atom stereocenters. The van der Waals surface area contributed by atoms with Gasteiger partial charge in [-0.2, -0.15) is 0 Å². The van der Waals surface area contributed by atoms with Crippen LogP contribution in [0.1, 0.15) is 48.5 Å². The number of nitrogens with zero attached hydrogens (tertiary/aromatic N) is 1. The molecular weight excluding hydrogens is 205 g/mol. The van der Waals surface area contributed by atoms with Crippen molar-refractivity contribution in [1.82, 2.24) is 4.67 Å². The summed E-state index contributed by atoms with van der Waals surface area (Å²) in [5.41, 5.74) is 0.620. The van der Waals surface area contributed by atoms with Crippen molar-refractivity contribution >= 4 is 8.30 Å². The van der Waals surface area contributed by atoms with Crippen LogP contribution in [-0.2, 0) is 4.52 Å². The zero-order valence-corrected chi connectivity index (χ0v) is 12.5. The van der Waals surface area contributed by atoms with Gasteiger partial charge in [-0.05, 0) is 33.6 Å². The van der Waals surface area contributed by atoms with Crippen molar-refractivity contribution in [2.24, 2.45) is 5.92 Å². The molecule has 0 heterocycles. The lowest BCUT2D eigenvalue weighted by Crippen LogP contribution is -2.36. The highest BCUT2D eigenvalue weighted by Crippen LogP contribution is 2.50. The van der Waals surface area contributed by atoms with Crippen LogP contribution >= 0.6 is 8.30 Å². The van der Waals surface area contributed by atoms with Gasteiger partial charge in [0, 0.05) is 24.9 Å². The molecule has 0 bridgehead atoms. The monoisotopic (exact) mass is 233 g/mol. The fourth-order valence-electron chi connectivity index (χ4n) is 1.78. The Kier molecular flexibility index (Phi) is 6.99. The topological polar surface area (TPSA) is 12.5 Å². The van der Waals surface area contributed by atoms with E-state index in [1.165, 1.54) is 0 Å². The van der Waals surface area contributed by atoms with Crippen molar-refractivity contribution in [2.75, 3.05) is 7.11 Å². The first-order valence-corrected chi connectivity index (χ1v) is 7.22. The van der Waals surface area contributed by atoms with Crippen molar-refractivity contribution in [3.63, 3.8) is 0 Å². The lowest BCUT2D eigenvalue weighted by Gasteiger charge is -2.40. The molecule has 0 aromatic carbocycles. The van der Waals surface area contributed by atoms with Crippen LogP contribution in [0.15, 0.2) is 0 Å². The fourth-order valence-corrected chi connectivity index (χ4v) is 4.14. The van der Waals surface area contributed by atoms with Gasteiger partial charge in [0.25, 0.3) is 0 Å². The minimum Gasteiger partial charge on any atom is -0.346 e. The largest absolute Gasteiger partial charge is 0.346 e. The molecule has 0 amide bonds. The molecule has 0 N–H and O–H groups in total. The van der Waals surface area contributed by atoms with Crippen molar-refractivity contribution in [2.45, 2.75) is 66.2 Å². The van der Waals surface area contributed by atoms with Crippen molar-refractivity contribution in [1.29, 1.82) is 0 Å². The quantitative estimate of drug-likeness (QED) is 0.640. The van der Waals surface area contributed by atoms with Crippen molar-refractivity contribution in [3.8, 4) is 0 Å². The van der Waals surface area contributed by atoms with Gasteiger partial charge in [0.2, 0.25) is 0 Å². The van der Waals surface area contributed by atoms with E-state index in [0.717, 1.165) is 0 Å². The Morgan fingerprint density at radius 1 is 0.867 bits per heavy atom. The molecule has 0 saturated carbocycles. The average molecular weight is 233 g/mol. The van der Waals surface area contributed by atoms with Crippen LogP contribution in [0.3, 0.4) is 0 Å². The normalized spacial score (nSPS) is 16.8. The van der Waals surface area contributed by atoms with E-state index in [1.54, 1.807) is 0 Å². The first-order valence-electron chi connectivity index (χ1n) is 5.94. The molecule has 0 aliphatic rings. The number of hydrogen-bond donors (Lipinski definition) is 0. The first-order chi connectivity index (χ1) is 6.82. The van der Waals surface area contributed by atoms with E-state index in [1.807, 2.05) is 7.11 Å². The highest BCUT2D eigenvalue weighted by atomic mass is 31.2. The summed E-state index contributed by atoms with van der Waals surface area (Å²) in [6.45, 7) is 15.9. The van der Waals surface area contributed by atoms with Gasteiger partial charge in [-0.1, -0.05) is 20.8 Å². The summed E-state index contributed by atoms with van der Waals surface area (Å²) < 4.78 is 8.26. The van der Waals surface area contributed by atoms with Gasteiger partial charge in [0.15, 0.2) is 0 Å². The Morgan fingerprint density at radius 2 is 1.27 bits per heavy atom. The molecule has 3 heteroatoms. The minimum atomic E-state index is -0.468. The zero-order chi connectivity index (χ0) is 12.2. The van der Waals surface area contributed by atoms with Crippen LogP contribution in [0.25, 0.3) is 0 Å². The highest BCUT2D eigenvalue weighted by molar-refractivity contribution is 7.50. The SMILES string of the molecule is COP(C(C)C(C)C)N(C(C)C)C(C)C. The van der Waals surface area contributed by atoms with E-state index in [0.29, 0.717) is 23.7 Å². The van der Waals surface area contributed by atoms with Gasteiger partial charge in [-0.15, -0.1) is 0 Å². The van der Waals surface area contributed by atoms with Gasteiger partial charge in [-0.25, -0.2) is 0 Å². The molecule has 0 aliphatic carbocycles. The van der Waals surface area contributed by atoms with Gasteiger partial charge >= 0.3 is 0 Å². The second-order valence-electron chi connectivity index (χ2n) is 5.04. The molecule has 0 aromatic rings. The maximum Gasteiger partial charge on any atom is 0.107 e. The molecule has 92 valence electrons. The molecule has 0 saturated heterocycles. The summed E-state index contributed by atoms with van der Waals surface area (Å²) in [7, 11) is 1.38. The van der Waals surface area contributed by atoms with Crippen LogP contribution in [0, 0.1) is 5.92 Å². The second-order valence-corrected chi connectivity index (χ2v) is 7.28. The van der Waals surface area contributed by atoms with E-state index in [2.05, 4.69) is 53.1 Å². The van der Waals surface area contributed by atoms with E-state index < -0.39 is 8.30 Å². The van der Waals surface area contributed by atoms with Crippen molar-refractivity contribution < 1.29 is 4.52 Å². The molecule has 0 aromatic heterocycles. The summed E-state index contributed by atoms with van der Waals surface area (Å²) in [6, 6.07) is 1.11. The Bertz CT molecular complexity index is 163. The lowest BCUT2D eigenvalue weighted by molar-refractivity contribution is 0.271. The number of rotatable bonds is 6. The predicted molar refractivity (Wildman–Crippen MR) is 70.3 cm³/mol. The Hall–Kier alpha value is 0.350. The molecule has 2 atom stereocenters. The maximum absolute atomic E-state index is 5.75. The average Bonchev–Trinajstić information content (AvgIpc) is 2.10. The molecule has 0 fully saturated rings. The van der Waals surface area contributed by atoms with Crippen LogP contribution in [-0.4, -0.2) is 29.5 Å². The van der Waals surface area contributed by atoms with Crippen LogP contribution in [0.5, 0.6) is 0 Å². The summed E-state index contributed by atoms with van der Waals surface area (Å²) in [5.74, 6) is 0.677. The van der Waals surface area contributed by atoms with E-state index in [9.17, 15) is 0 Å². The van der Waals surface area contributed by atoms with Crippen molar-refractivity contribution in [3.05, 3.63) is 0 Å². The summed E-state index contributed by atoms with van der Waals surface area (Å²) in [5, 5.41) is 0. The molecule has 2 nitrogen and oxygen atoms in total. The fraction of sp³-hybridized carbons (Fsp3) is 1.00. The van der Waals surface area contributed by atoms with Gasteiger partial charge in [0.05, 0.1) is 0 Å². The molecule has 0 spiro atoms. The Balaban J connectivity index is 4.74. The van der Waals surface area contributed by atoms with Gasteiger partial charge < -0.3 is 4.52 Å². The molecule has 0 radical (unpaired) electrons. The van der Waals surface area contributed by atoms with Crippen LogP contribution in [0.2, 0.25) is 0 Å². The summed E-state index contributed by atoms with van der Waals surface area (Å²) >= 11 is 0. The van der Waals surface area contributed by atoms with E-state index >= 15 is 0 Å². The molecule has 0 rings (SSSR count). The highest BCUT2D eigenvalue weighted by Gasteiger charge is 2.30. The van der Waals surface area contributed by atoms with Crippen LogP contribution < -0.4 is 0 Å². The number of hydrogen-bond acceptors (Lipinski definition) is 2. The third-order valence-corrected chi connectivity index (χ3v) is 5.83. The second kappa shape index (κ2) is 6.83. The first kappa shape index (κ1) is 15.3. The van der Waals surface area contributed by atoms with Gasteiger partial charge in [0.1, 0.15) is 8.30 Å². The standard InChI is InChI=1S/C12H28NOP/c1-9(2)12(7)15(14-8)13(10(3)4)11(5)6/h9-12H,1-8H3. The van der Waals surface area contributed by atoms with E-state index in [4.69, 9.17) is 4.52 Å². The Morgan fingerprint density at radius 3 is 1.47 bits per heavy atom. The van der Waals surface area contributed by atoms with E-state index in [-0.39, 0.29) is 0 Å². The zero-order valence-electron chi connectivity index (χ0n) is 11.6. The molecule has 15 heavy (non-hydrogen) atoms. The minimum absolute atomic E-state index is 0.468. The third-order valence-electron chi connectivity index (χ3n) is 2.79.